The van der Waals surface area contributed by atoms with Crippen molar-refractivity contribution in [2.45, 2.75) is 69.2 Å². The summed E-state index contributed by atoms with van der Waals surface area (Å²) in [7, 11) is -3.51. The Bertz CT molecular complexity index is 797. The topological polar surface area (TPSA) is 57.7 Å². The van der Waals surface area contributed by atoms with Crippen molar-refractivity contribution in [2.24, 2.45) is 0 Å². The van der Waals surface area contributed by atoms with Crippen molar-refractivity contribution in [2.75, 3.05) is 18.0 Å². The Kier molecular flexibility index (Phi) is 4.36. The van der Waals surface area contributed by atoms with E-state index in [1.165, 1.54) is 6.42 Å². The lowest BCUT2D eigenvalue weighted by atomic mass is 9.95. The summed E-state index contributed by atoms with van der Waals surface area (Å²) in [6.45, 7) is 3.19. The minimum absolute atomic E-state index is 0.102. The van der Waals surface area contributed by atoms with Crippen LogP contribution in [0.25, 0.3) is 0 Å². The zero-order valence-electron chi connectivity index (χ0n) is 14.8. The van der Waals surface area contributed by atoms with Crippen LogP contribution in [0.1, 0.15) is 56.6 Å². The number of anilines is 1. The summed E-state index contributed by atoms with van der Waals surface area (Å²) in [5, 5.41) is 0. The van der Waals surface area contributed by atoms with Crippen LogP contribution in [-0.4, -0.2) is 37.8 Å². The zero-order valence-corrected chi connectivity index (χ0v) is 15.6. The molecule has 1 amide bonds. The Morgan fingerprint density at radius 1 is 1.12 bits per heavy atom. The van der Waals surface area contributed by atoms with E-state index in [-0.39, 0.29) is 11.9 Å². The van der Waals surface area contributed by atoms with E-state index in [9.17, 15) is 13.2 Å². The molecule has 3 aliphatic rings. The van der Waals surface area contributed by atoms with Crippen LogP contribution in [0, 0.1) is 0 Å². The van der Waals surface area contributed by atoms with E-state index < -0.39 is 10.0 Å². The Morgan fingerprint density at radius 2 is 1.84 bits per heavy atom. The summed E-state index contributed by atoms with van der Waals surface area (Å²) >= 11 is 0. The second-order valence-electron chi connectivity index (χ2n) is 7.42. The minimum Gasteiger partial charge on any atom is -0.312 e. The van der Waals surface area contributed by atoms with Crippen molar-refractivity contribution < 1.29 is 13.2 Å². The zero-order chi connectivity index (χ0) is 17.6. The second kappa shape index (κ2) is 6.40. The maximum atomic E-state index is 13.3. The molecule has 1 fully saturated rings. The second-order valence-corrected chi connectivity index (χ2v) is 9.31. The number of carbonyl (C=O) groups excluding carboxylic acids is 1. The fourth-order valence-corrected chi connectivity index (χ4v) is 6.52. The maximum Gasteiger partial charge on any atom is 0.243 e. The summed E-state index contributed by atoms with van der Waals surface area (Å²) in [4.78, 5) is 14.4. The predicted molar refractivity (Wildman–Crippen MR) is 97.3 cm³/mol. The molecule has 1 aliphatic carbocycles. The fraction of sp³-hybridized carbons (Fsp3) is 0.632. The van der Waals surface area contributed by atoms with E-state index in [1.807, 2.05) is 17.9 Å². The number of aryl methyl sites for hydroxylation is 1. The Hall–Kier alpha value is -1.40. The molecule has 1 aromatic rings. The Morgan fingerprint density at radius 3 is 2.56 bits per heavy atom. The number of sulfonamides is 1. The van der Waals surface area contributed by atoms with Crippen LogP contribution in [-0.2, 0) is 27.7 Å². The highest BCUT2D eigenvalue weighted by Crippen LogP contribution is 2.39. The maximum absolute atomic E-state index is 13.3. The van der Waals surface area contributed by atoms with Gasteiger partial charge in [-0.2, -0.15) is 4.31 Å². The first kappa shape index (κ1) is 17.0. The van der Waals surface area contributed by atoms with Crippen molar-refractivity contribution >= 4 is 21.6 Å². The average Bonchev–Trinajstić information content (AvgIpc) is 2.94. The van der Waals surface area contributed by atoms with Crippen LogP contribution >= 0.6 is 0 Å². The third-order valence-electron chi connectivity index (χ3n) is 5.88. The van der Waals surface area contributed by atoms with Crippen molar-refractivity contribution in [3.05, 3.63) is 23.3 Å². The van der Waals surface area contributed by atoms with Gasteiger partial charge in [-0.05, 0) is 48.9 Å². The molecular weight excluding hydrogens is 336 g/mol. The molecule has 0 saturated heterocycles. The molecule has 0 bridgehead atoms. The van der Waals surface area contributed by atoms with Crippen molar-refractivity contribution in [1.82, 2.24) is 4.31 Å². The van der Waals surface area contributed by atoms with Crippen molar-refractivity contribution in [1.29, 1.82) is 0 Å². The van der Waals surface area contributed by atoms with Gasteiger partial charge in [-0.1, -0.05) is 26.2 Å². The standard InChI is InChI=1S/C19H26N2O3S/c1-2-21(16-8-4-3-5-9-16)25(23,24)17-11-14-7-6-10-20-18(22)13-15(12-17)19(14)20/h11-12,16H,2-10,13H2,1H3. The molecule has 136 valence electrons. The summed E-state index contributed by atoms with van der Waals surface area (Å²) in [6, 6.07) is 3.69. The molecule has 0 unspecified atom stereocenters. The van der Waals surface area contributed by atoms with Gasteiger partial charge in [0.1, 0.15) is 0 Å². The van der Waals surface area contributed by atoms with E-state index in [0.29, 0.717) is 17.9 Å². The van der Waals surface area contributed by atoms with Crippen LogP contribution in [0.3, 0.4) is 0 Å². The minimum atomic E-state index is -3.51. The third kappa shape index (κ3) is 2.79. The van der Waals surface area contributed by atoms with Gasteiger partial charge in [0, 0.05) is 19.1 Å². The summed E-state index contributed by atoms with van der Waals surface area (Å²) in [6.07, 6.45) is 7.42. The smallest absolute Gasteiger partial charge is 0.243 e. The predicted octanol–water partition coefficient (Wildman–Crippen LogP) is 2.87. The third-order valence-corrected chi connectivity index (χ3v) is 7.89. The number of rotatable bonds is 4. The van der Waals surface area contributed by atoms with Crippen molar-refractivity contribution in [3.8, 4) is 0 Å². The highest BCUT2D eigenvalue weighted by molar-refractivity contribution is 7.89. The number of hydrogen-bond acceptors (Lipinski definition) is 3. The number of carbonyl (C=O) groups is 1. The molecule has 1 saturated carbocycles. The molecule has 25 heavy (non-hydrogen) atoms. The van der Waals surface area contributed by atoms with E-state index in [4.69, 9.17) is 0 Å². The summed E-state index contributed by atoms with van der Waals surface area (Å²) < 4.78 is 28.4. The van der Waals surface area contributed by atoms with Gasteiger partial charge in [0.25, 0.3) is 0 Å². The first-order chi connectivity index (χ1) is 12.0. The molecule has 2 heterocycles. The van der Waals surface area contributed by atoms with Crippen LogP contribution in [0.2, 0.25) is 0 Å². The molecule has 1 aromatic carbocycles. The van der Waals surface area contributed by atoms with Crippen molar-refractivity contribution in [3.63, 3.8) is 0 Å². The molecular formula is C19H26N2O3S. The Balaban J connectivity index is 1.74. The molecule has 0 spiro atoms. The van der Waals surface area contributed by atoms with E-state index in [0.717, 1.165) is 61.9 Å². The van der Waals surface area contributed by atoms with Gasteiger partial charge in [-0.3, -0.25) is 4.79 Å². The van der Waals surface area contributed by atoms with Gasteiger partial charge in [-0.15, -0.1) is 0 Å². The number of hydrogen-bond donors (Lipinski definition) is 0. The largest absolute Gasteiger partial charge is 0.312 e. The van der Waals surface area contributed by atoms with Gasteiger partial charge < -0.3 is 4.90 Å². The molecule has 4 rings (SSSR count). The van der Waals surface area contributed by atoms with Gasteiger partial charge in [-0.25, -0.2) is 8.42 Å². The molecule has 2 aliphatic heterocycles. The highest BCUT2D eigenvalue weighted by Gasteiger charge is 2.36. The van der Waals surface area contributed by atoms with Gasteiger partial charge in [0.15, 0.2) is 0 Å². The monoisotopic (exact) mass is 362 g/mol. The summed E-state index contributed by atoms with van der Waals surface area (Å²) in [5.41, 5.74) is 2.89. The van der Waals surface area contributed by atoms with E-state index >= 15 is 0 Å². The lowest BCUT2D eigenvalue weighted by molar-refractivity contribution is -0.117. The number of benzene rings is 1. The molecule has 0 N–H and O–H groups in total. The molecule has 6 heteroatoms. The Labute approximate surface area is 150 Å². The molecule has 5 nitrogen and oxygen atoms in total. The quantitative estimate of drug-likeness (QED) is 0.827. The summed E-state index contributed by atoms with van der Waals surface area (Å²) in [5.74, 6) is 0.102. The van der Waals surface area contributed by atoms with E-state index in [2.05, 4.69) is 0 Å². The van der Waals surface area contributed by atoms with Crippen LogP contribution in [0.15, 0.2) is 17.0 Å². The fourth-order valence-electron chi connectivity index (χ4n) is 4.73. The van der Waals surface area contributed by atoms with Crippen LogP contribution in [0.4, 0.5) is 5.69 Å². The molecule has 0 radical (unpaired) electrons. The highest BCUT2D eigenvalue weighted by atomic mass is 32.2. The van der Waals surface area contributed by atoms with Crippen LogP contribution in [0.5, 0.6) is 0 Å². The van der Waals surface area contributed by atoms with Gasteiger partial charge in [0.2, 0.25) is 15.9 Å². The normalized spacial score (nSPS) is 21.0. The number of amides is 1. The van der Waals surface area contributed by atoms with Gasteiger partial charge >= 0.3 is 0 Å². The first-order valence-electron chi connectivity index (χ1n) is 9.50. The molecule has 0 atom stereocenters. The first-order valence-corrected chi connectivity index (χ1v) is 10.9. The lowest BCUT2D eigenvalue weighted by Crippen LogP contribution is -2.41. The number of nitrogens with zero attached hydrogens (tertiary/aromatic N) is 2. The van der Waals surface area contributed by atoms with Gasteiger partial charge in [0.05, 0.1) is 17.0 Å². The lowest BCUT2D eigenvalue weighted by Gasteiger charge is -2.33. The SMILES string of the molecule is CCN(C1CCCCC1)S(=O)(=O)c1cc2c3c(c1)CC(=O)N3CCC2. The van der Waals surface area contributed by atoms with E-state index in [1.54, 1.807) is 10.4 Å². The molecule has 0 aromatic heterocycles. The van der Waals surface area contributed by atoms with Crippen LogP contribution < -0.4 is 4.90 Å². The average molecular weight is 362 g/mol.